The van der Waals surface area contributed by atoms with E-state index >= 15 is 0 Å². The Morgan fingerprint density at radius 1 is 1.06 bits per heavy atom. The largest absolute Gasteiger partial charge is 0.503 e. The average molecular weight is 449 g/mol. The monoisotopic (exact) mass is 449 g/mol. The van der Waals surface area contributed by atoms with Crippen molar-refractivity contribution in [1.29, 1.82) is 0 Å². The van der Waals surface area contributed by atoms with Crippen LogP contribution in [0.1, 0.15) is 29.1 Å². The molecule has 2 heterocycles. The van der Waals surface area contributed by atoms with Crippen LogP contribution in [0.2, 0.25) is 0 Å². The van der Waals surface area contributed by atoms with Gasteiger partial charge in [0, 0.05) is 11.8 Å². The molecule has 0 fully saturated rings. The molecule has 8 heteroatoms. The van der Waals surface area contributed by atoms with E-state index in [4.69, 9.17) is 18.6 Å². The number of anilines is 1. The summed E-state index contributed by atoms with van der Waals surface area (Å²) in [4.78, 5) is 27.9. The second-order valence-electron chi connectivity index (χ2n) is 7.19. The highest BCUT2D eigenvalue weighted by Crippen LogP contribution is 2.44. The Morgan fingerprint density at radius 3 is 2.55 bits per heavy atom. The number of amides is 1. The van der Waals surface area contributed by atoms with Crippen molar-refractivity contribution >= 4 is 17.4 Å². The van der Waals surface area contributed by atoms with Crippen LogP contribution in [0.25, 0.3) is 0 Å². The minimum absolute atomic E-state index is 0.0142. The van der Waals surface area contributed by atoms with Gasteiger partial charge in [-0.15, -0.1) is 0 Å². The summed E-state index contributed by atoms with van der Waals surface area (Å²) in [7, 11) is 3.04. The number of carbonyl (C=O) groups excluding carboxylic acids is 2. The maximum Gasteiger partial charge on any atom is 0.294 e. The van der Waals surface area contributed by atoms with E-state index in [0.717, 1.165) is 0 Å². The van der Waals surface area contributed by atoms with E-state index in [1.54, 1.807) is 48.5 Å². The smallest absolute Gasteiger partial charge is 0.294 e. The van der Waals surface area contributed by atoms with Gasteiger partial charge in [-0.05, 0) is 48.9 Å². The number of aliphatic hydroxyl groups is 1. The molecule has 4 rings (SSSR count). The first kappa shape index (κ1) is 22.0. The highest BCUT2D eigenvalue weighted by molar-refractivity contribution is 6.20. The number of ether oxygens (including phenoxy) is 3. The molecule has 1 N–H and O–H groups in total. The van der Waals surface area contributed by atoms with Crippen molar-refractivity contribution in [2.24, 2.45) is 0 Å². The van der Waals surface area contributed by atoms with E-state index in [-0.39, 0.29) is 11.3 Å². The van der Waals surface area contributed by atoms with Gasteiger partial charge in [-0.25, -0.2) is 0 Å². The third-order valence-electron chi connectivity index (χ3n) is 5.33. The van der Waals surface area contributed by atoms with Gasteiger partial charge in [-0.2, -0.15) is 0 Å². The number of hydrogen-bond donors (Lipinski definition) is 1. The van der Waals surface area contributed by atoms with Crippen molar-refractivity contribution in [2.45, 2.75) is 13.0 Å². The first-order valence-corrected chi connectivity index (χ1v) is 10.3. The highest BCUT2D eigenvalue weighted by Gasteiger charge is 2.45. The standard InChI is InChI=1S/C25H23NO7/c1-4-32-20-13-15(10-11-18(20)31-3)22-21(23(27)19-9-6-12-33-19)24(28)25(29)26(22)16-7-5-8-17(14-16)30-2/h5-14,22,28H,4H2,1-3H3. The lowest BCUT2D eigenvalue weighted by molar-refractivity contribution is -0.117. The van der Waals surface area contributed by atoms with E-state index in [2.05, 4.69) is 0 Å². The van der Waals surface area contributed by atoms with Gasteiger partial charge in [0.2, 0.25) is 5.78 Å². The van der Waals surface area contributed by atoms with Crippen molar-refractivity contribution in [3.63, 3.8) is 0 Å². The summed E-state index contributed by atoms with van der Waals surface area (Å²) in [5.74, 6) is -0.448. The van der Waals surface area contributed by atoms with Crippen molar-refractivity contribution < 1.29 is 33.3 Å². The number of furan rings is 1. The SMILES string of the molecule is CCOc1cc(C2C(C(=O)c3ccco3)=C(O)C(=O)N2c2cccc(OC)c2)ccc1OC. The summed E-state index contributed by atoms with van der Waals surface area (Å²) in [5.41, 5.74) is 0.909. The first-order chi connectivity index (χ1) is 16.0. The second kappa shape index (κ2) is 9.12. The lowest BCUT2D eigenvalue weighted by Gasteiger charge is -2.27. The van der Waals surface area contributed by atoms with Crippen molar-refractivity contribution in [2.75, 3.05) is 25.7 Å². The van der Waals surface area contributed by atoms with Gasteiger partial charge < -0.3 is 23.7 Å². The summed E-state index contributed by atoms with van der Waals surface area (Å²) >= 11 is 0. The minimum Gasteiger partial charge on any atom is -0.503 e. The number of aliphatic hydroxyl groups excluding tert-OH is 1. The lowest BCUT2D eigenvalue weighted by Crippen LogP contribution is -2.31. The fraction of sp³-hybridized carbons (Fsp3) is 0.200. The summed E-state index contributed by atoms with van der Waals surface area (Å²) in [5, 5.41) is 10.8. The van der Waals surface area contributed by atoms with Crippen LogP contribution >= 0.6 is 0 Å². The normalized spacial score (nSPS) is 15.7. The Kier molecular flexibility index (Phi) is 6.08. The summed E-state index contributed by atoms with van der Waals surface area (Å²) in [6.45, 7) is 2.23. The van der Waals surface area contributed by atoms with Crippen LogP contribution in [-0.4, -0.2) is 37.6 Å². The molecule has 33 heavy (non-hydrogen) atoms. The van der Waals surface area contributed by atoms with Crippen LogP contribution in [0.15, 0.2) is 76.6 Å². The van der Waals surface area contributed by atoms with Crippen LogP contribution < -0.4 is 19.1 Å². The van der Waals surface area contributed by atoms with Crippen LogP contribution in [0, 0.1) is 0 Å². The zero-order valence-corrected chi connectivity index (χ0v) is 18.4. The maximum atomic E-state index is 13.3. The molecule has 0 saturated heterocycles. The lowest BCUT2D eigenvalue weighted by atomic mass is 9.94. The Balaban J connectivity index is 1.90. The predicted molar refractivity (Wildman–Crippen MR) is 120 cm³/mol. The number of rotatable bonds is 8. The fourth-order valence-electron chi connectivity index (χ4n) is 3.85. The van der Waals surface area contributed by atoms with E-state index in [1.165, 1.54) is 31.4 Å². The van der Waals surface area contributed by atoms with Crippen LogP contribution in [0.5, 0.6) is 17.2 Å². The van der Waals surface area contributed by atoms with E-state index in [0.29, 0.717) is 35.1 Å². The average Bonchev–Trinajstić information content (AvgIpc) is 3.46. The zero-order chi connectivity index (χ0) is 23.5. The Labute approximate surface area is 190 Å². The van der Waals surface area contributed by atoms with Gasteiger partial charge in [0.1, 0.15) is 5.75 Å². The quantitative estimate of drug-likeness (QED) is 0.506. The molecule has 0 spiro atoms. The number of methoxy groups -OCH3 is 2. The van der Waals surface area contributed by atoms with Gasteiger partial charge in [-0.1, -0.05) is 12.1 Å². The number of nitrogens with zero attached hydrogens (tertiary/aromatic N) is 1. The van der Waals surface area contributed by atoms with Crippen molar-refractivity contribution in [3.05, 3.63) is 83.5 Å². The number of ketones is 1. The van der Waals surface area contributed by atoms with Crippen LogP contribution in [0.4, 0.5) is 5.69 Å². The molecule has 1 aromatic heterocycles. The third kappa shape index (κ3) is 3.91. The topological polar surface area (TPSA) is 98.4 Å². The van der Waals surface area contributed by atoms with Gasteiger partial charge in [0.05, 0.1) is 38.7 Å². The molecular weight excluding hydrogens is 426 g/mol. The number of benzene rings is 2. The molecule has 1 aliphatic rings. The van der Waals surface area contributed by atoms with Gasteiger partial charge >= 0.3 is 0 Å². The molecule has 170 valence electrons. The second-order valence-corrected chi connectivity index (χ2v) is 7.19. The summed E-state index contributed by atoms with van der Waals surface area (Å²) < 4.78 is 21.6. The fourth-order valence-corrected chi connectivity index (χ4v) is 3.85. The number of hydrogen-bond acceptors (Lipinski definition) is 7. The van der Waals surface area contributed by atoms with Crippen molar-refractivity contribution in [3.8, 4) is 17.2 Å². The Bertz CT molecular complexity index is 1210. The summed E-state index contributed by atoms with van der Waals surface area (Å²) in [6.07, 6.45) is 1.36. The molecule has 8 nitrogen and oxygen atoms in total. The van der Waals surface area contributed by atoms with Gasteiger partial charge in [0.15, 0.2) is 23.0 Å². The molecule has 1 atom stereocenters. The minimum atomic E-state index is -0.938. The van der Waals surface area contributed by atoms with Gasteiger partial charge in [-0.3, -0.25) is 14.5 Å². The first-order valence-electron chi connectivity index (χ1n) is 10.3. The zero-order valence-electron chi connectivity index (χ0n) is 18.4. The van der Waals surface area contributed by atoms with E-state index in [1.807, 2.05) is 6.92 Å². The van der Waals surface area contributed by atoms with E-state index in [9.17, 15) is 14.7 Å². The Hall–Kier alpha value is -4.20. The molecule has 0 saturated carbocycles. The highest BCUT2D eigenvalue weighted by atomic mass is 16.5. The molecule has 0 aliphatic carbocycles. The van der Waals surface area contributed by atoms with Crippen LogP contribution in [0.3, 0.4) is 0 Å². The molecule has 2 aromatic carbocycles. The maximum absolute atomic E-state index is 13.3. The molecule has 1 amide bonds. The van der Waals surface area contributed by atoms with E-state index < -0.39 is 23.5 Å². The molecule has 1 aliphatic heterocycles. The molecule has 0 bridgehead atoms. The van der Waals surface area contributed by atoms with Crippen molar-refractivity contribution in [1.82, 2.24) is 0 Å². The predicted octanol–water partition coefficient (Wildman–Crippen LogP) is 4.48. The van der Waals surface area contributed by atoms with Crippen LogP contribution in [-0.2, 0) is 4.79 Å². The summed E-state index contributed by atoms with van der Waals surface area (Å²) in [6, 6.07) is 14.0. The third-order valence-corrected chi connectivity index (χ3v) is 5.33. The number of carbonyl (C=O) groups is 2. The molecule has 0 radical (unpaired) electrons. The molecular formula is C25H23NO7. The molecule has 1 unspecified atom stereocenters. The van der Waals surface area contributed by atoms with Gasteiger partial charge in [0.25, 0.3) is 5.91 Å². The molecule has 3 aromatic rings. The Morgan fingerprint density at radius 2 is 1.88 bits per heavy atom. The number of Topliss-reactive ketones (excluding diaryl/α,β-unsaturated/α-hetero) is 1.